The molecule has 0 nitrogen and oxygen atoms in total. The number of rotatable bonds is 2. The van der Waals surface area contributed by atoms with Crippen LogP contribution in [0.15, 0.2) is 0 Å². The van der Waals surface area contributed by atoms with Crippen molar-refractivity contribution in [2.75, 3.05) is 0 Å². The molecule has 0 aromatic heterocycles. The minimum atomic E-state index is 0.453. The van der Waals surface area contributed by atoms with Gasteiger partial charge < -0.3 is 0 Å². The maximum atomic E-state index is 2.56. The predicted molar refractivity (Wildman–Crippen MR) is 81.4 cm³/mol. The van der Waals surface area contributed by atoms with Crippen molar-refractivity contribution < 1.29 is 0 Å². The molecular formula is C16H33B. The Labute approximate surface area is 110 Å². The molecule has 1 aliphatic carbocycles. The molecule has 0 spiro atoms. The molecule has 1 fully saturated rings. The molecule has 0 aromatic carbocycles. The van der Waals surface area contributed by atoms with Crippen molar-refractivity contribution in [3.63, 3.8) is 0 Å². The molecule has 0 aliphatic heterocycles. The Balaban J connectivity index is 2.77. The van der Waals surface area contributed by atoms with Gasteiger partial charge in [0, 0.05) is 0 Å². The zero-order chi connectivity index (χ0) is 13.2. The van der Waals surface area contributed by atoms with Gasteiger partial charge in [0.2, 0.25) is 0 Å². The van der Waals surface area contributed by atoms with Crippen LogP contribution in [-0.4, -0.2) is 7.85 Å². The van der Waals surface area contributed by atoms with Gasteiger partial charge in [0.05, 0.1) is 0 Å². The van der Waals surface area contributed by atoms with Gasteiger partial charge in [-0.2, -0.15) is 0 Å². The van der Waals surface area contributed by atoms with Crippen LogP contribution in [0.25, 0.3) is 0 Å². The van der Waals surface area contributed by atoms with Crippen LogP contribution in [-0.2, 0) is 0 Å². The van der Waals surface area contributed by atoms with Crippen LogP contribution >= 0.6 is 0 Å². The maximum absolute atomic E-state index is 2.56. The molecule has 0 aromatic rings. The topological polar surface area (TPSA) is 0 Å². The molecule has 0 N–H and O–H groups in total. The quantitative estimate of drug-likeness (QED) is 0.593. The third kappa shape index (κ3) is 4.34. The zero-order valence-corrected chi connectivity index (χ0v) is 13.2. The van der Waals surface area contributed by atoms with Gasteiger partial charge in [-0.3, -0.25) is 0 Å². The van der Waals surface area contributed by atoms with E-state index in [2.05, 4.69) is 42.5 Å². The number of hydrogen-bond donors (Lipinski definition) is 0. The van der Waals surface area contributed by atoms with E-state index in [1.165, 1.54) is 51.4 Å². The second kappa shape index (κ2) is 5.37. The lowest BCUT2D eigenvalue weighted by Gasteiger charge is -2.49. The highest BCUT2D eigenvalue weighted by atomic mass is 14.4. The van der Waals surface area contributed by atoms with Gasteiger partial charge >= 0.3 is 0 Å². The van der Waals surface area contributed by atoms with Crippen LogP contribution in [0, 0.1) is 10.8 Å². The highest BCUT2D eigenvalue weighted by Crippen LogP contribution is 2.56. The Hall–Kier alpha value is 0.0649. The predicted octanol–water partition coefficient (Wildman–Crippen LogP) is 4.98. The van der Waals surface area contributed by atoms with Crippen molar-refractivity contribution in [2.24, 2.45) is 10.8 Å². The summed E-state index contributed by atoms with van der Waals surface area (Å²) in [5.74, 6) is 0. The first-order valence-corrected chi connectivity index (χ1v) is 7.66. The first kappa shape index (κ1) is 15.1. The molecule has 1 aliphatic rings. The highest BCUT2D eigenvalue weighted by Gasteiger charge is 2.41. The SMILES string of the molecule is BC1(C(C)(C)CC(C)(C)C)CCCCCCC1. The van der Waals surface area contributed by atoms with E-state index in [0.717, 1.165) is 0 Å². The summed E-state index contributed by atoms with van der Waals surface area (Å²) in [5, 5.41) is 0.556. The molecule has 0 bridgehead atoms. The van der Waals surface area contributed by atoms with Gasteiger partial charge in [0.1, 0.15) is 7.85 Å². The summed E-state index contributed by atoms with van der Waals surface area (Å²) in [7, 11) is 2.56. The summed E-state index contributed by atoms with van der Waals surface area (Å²) < 4.78 is 0. The largest absolute Gasteiger partial charge is 0.110 e. The minimum Gasteiger partial charge on any atom is -0.0602 e. The first-order valence-electron chi connectivity index (χ1n) is 7.66. The monoisotopic (exact) mass is 236 g/mol. The molecular weight excluding hydrogens is 203 g/mol. The molecule has 1 saturated carbocycles. The standard InChI is InChI=1S/C16H33B/c1-14(2,3)13-15(4,5)16(17)11-9-7-6-8-10-12-16/h6-13,17H2,1-5H3. The smallest absolute Gasteiger partial charge is 0.0602 e. The lowest BCUT2D eigenvalue weighted by atomic mass is 9.47. The summed E-state index contributed by atoms with van der Waals surface area (Å²) in [6.07, 6.45) is 11.5. The third-order valence-corrected chi connectivity index (χ3v) is 5.06. The van der Waals surface area contributed by atoms with Gasteiger partial charge in [-0.05, 0) is 17.3 Å². The summed E-state index contributed by atoms with van der Waals surface area (Å²) in [5.41, 5.74) is 0.928. The van der Waals surface area contributed by atoms with Crippen molar-refractivity contribution in [3.8, 4) is 0 Å². The van der Waals surface area contributed by atoms with Crippen LogP contribution in [0.2, 0.25) is 5.31 Å². The van der Waals surface area contributed by atoms with Crippen molar-refractivity contribution in [1.29, 1.82) is 0 Å². The summed E-state index contributed by atoms with van der Waals surface area (Å²) in [4.78, 5) is 0. The van der Waals surface area contributed by atoms with Crippen LogP contribution < -0.4 is 0 Å². The molecule has 100 valence electrons. The van der Waals surface area contributed by atoms with Gasteiger partial charge in [-0.25, -0.2) is 0 Å². The van der Waals surface area contributed by atoms with Crippen molar-refractivity contribution in [3.05, 3.63) is 0 Å². The van der Waals surface area contributed by atoms with Gasteiger partial charge in [0.25, 0.3) is 0 Å². The molecule has 0 heterocycles. The van der Waals surface area contributed by atoms with Gasteiger partial charge in [-0.1, -0.05) is 84.9 Å². The fraction of sp³-hybridized carbons (Fsp3) is 1.00. The first-order chi connectivity index (χ1) is 7.66. The van der Waals surface area contributed by atoms with Crippen molar-refractivity contribution >= 4 is 7.85 Å². The normalized spacial score (nSPS) is 22.9. The van der Waals surface area contributed by atoms with Crippen molar-refractivity contribution in [1.82, 2.24) is 0 Å². The molecule has 0 unspecified atom stereocenters. The third-order valence-electron chi connectivity index (χ3n) is 5.06. The van der Waals surface area contributed by atoms with Crippen LogP contribution in [0.3, 0.4) is 0 Å². The summed E-state index contributed by atoms with van der Waals surface area (Å²) in [6, 6.07) is 0. The number of hydrogen-bond acceptors (Lipinski definition) is 0. The van der Waals surface area contributed by atoms with Crippen LogP contribution in [0.5, 0.6) is 0 Å². The van der Waals surface area contributed by atoms with Crippen LogP contribution in [0.1, 0.15) is 86.0 Å². The molecule has 1 rings (SSSR count). The molecule has 0 amide bonds. The average Bonchev–Trinajstić information content (AvgIpc) is 2.07. The summed E-state index contributed by atoms with van der Waals surface area (Å²) >= 11 is 0. The second-order valence-electron chi connectivity index (χ2n) is 8.45. The van der Waals surface area contributed by atoms with E-state index in [1.54, 1.807) is 0 Å². The molecule has 0 atom stereocenters. The van der Waals surface area contributed by atoms with E-state index < -0.39 is 0 Å². The Kier molecular flexibility index (Phi) is 4.77. The van der Waals surface area contributed by atoms with Crippen LogP contribution in [0.4, 0.5) is 0 Å². The lowest BCUT2D eigenvalue weighted by Crippen LogP contribution is -2.36. The lowest BCUT2D eigenvalue weighted by molar-refractivity contribution is 0.122. The second-order valence-corrected chi connectivity index (χ2v) is 8.45. The molecule has 17 heavy (non-hydrogen) atoms. The van der Waals surface area contributed by atoms with E-state index in [0.29, 0.717) is 16.1 Å². The fourth-order valence-corrected chi connectivity index (χ4v) is 3.90. The van der Waals surface area contributed by atoms with E-state index >= 15 is 0 Å². The van der Waals surface area contributed by atoms with Crippen molar-refractivity contribution in [2.45, 2.75) is 91.3 Å². The Morgan fingerprint density at radius 2 is 1.24 bits per heavy atom. The van der Waals surface area contributed by atoms with Gasteiger partial charge in [-0.15, -0.1) is 0 Å². The van der Waals surface area contributed by atoms with Gasteiger partial charge in [0.15, 0.2) is 0 Å². The van der Waals surface area contributed by atoms with E-state index in [-0.39, 0.29) is 0 Å². The molecule has 0 saturated heterocycles. The molecule has 0 radical (unpaired) electrons. The average molecular weight is 236 g/mol. The minimum absolute atomic E-state index is 0.453. The van der Waals surface area contributed by atoms with E-state index in [9.17, 15) is 0 Å². The Morgan fingerprint density at radius 1 is 0.824 bits per heavy atom. The van der Waals surface area contributed by atoms with E-state index in [1.807, 2.05) is 0 Å². The highest BCUT2D eigenvalue weighted by molar-refractivity contribution is 6.15. The van der Waals surface area contributed by atoms with E-state index in [4.69, 9.17) is 0 Å². The fourth-order valence-electron chi connectivity index (χ4n) is 3.90. The summed E-state index contributed by atoms with van der Waals surface area (Å²) in [6.45, 7) is 12.2. The zero-order valence-electron chi connectivity index (χ0n) is 13.2. The Morgan fingerprint density at radius 3 is 1.65 bits per heavy atom. The molecule has 1 heteroatoms. The maximum Gasteiger partial charge on any atom is 0.110 e. The Bertz CT molecular complexity index is 226.